The number of fused-ring (bicyclic) bond motifs is 5. The molecule has 0 saturated heterocycles. The summed E-state index contributed by atoms with van der Waals surface area (Å²) < 4.78 is 1.89. The first-order valence-electron chi connectivity index (χ1n) is 6.80. The molecule has 4 nitrogen and oxygen atoms in total. The second-order valence-corrected chi connectivity index (χ2v) is 6.55. The standard InChI is InChI=1S/C14H16N4S/c1-7-5-4-6-10-11(7)12-13-15-8(2)17-18(13)9(3)16-14(12)19-10/h7H,4-6H2,1-3H3/t7-/m1/s1. The van der Waals surface area contributed by atoms with Gasteiger partial charge in [0, 0.05) is 4.88 Å². The van der Waals surface area contributed by atoms with E-state index in [0.29, 0.717) is 5.92 Å². The van der Waals surface area contributed by atoms with E-state index < -0.39 is 0 Å². The van der Waals surface area contributed by atoms with Gasteiger partial charge >= 0.3 is 0 Å². The molecule has 3 heterocycles. The summed E-state index contributed by atoms with van der Waals surface area (Å²) in [6.07, 6.45) is 3.76. The summed E-state index contributed by atoms with van der Waals surface area (Å²) in [7, 11) is 0. The van der Waals surface area contributed by atoms with Gasteiger partial charge in [0.1, 0.15) is 16.5 Å². The van der Waals surface area contributed by atoms with Crippen LogP contribution < -0.4 is 0 Å². The van der Waals surface area contributed by atoms with Gasteiger partial charge in [0.05, 0.1) is 5.39 Å². The van der Waals surface area contributed by atoms with E-state index in [-0.39, 0.29) is 0 Å². The molecule has 1 atom stereocenters. The van der Waals surface area contributed by atoms with Gasteiger partial charge in [-0.15, -0.1) is 16.4 Å². The lowest BCUT2D eigenvalue weighted by Crippen LogP contribution is -2.05. The molecule has 19 heavy (non-hydrogen) atoms. The van der Waals surface area contributed by atoms with E-state index in [2.05, 4.69) is 17.0 Å². The number of thiophene rings is 1. The highest BCUT2D eigenvalue weighted by Gasteiger charge is 2.25. The molecule has 0 amide bonds. The van der Waals surface area contributed by atoms with Crippen LogP contribution in [0.2, 0.25) is 0 Å². The maximum atomic E-state index is 4.74. The smallest absolute Gasteiger partial charge is 0.168 e. The lowest BCUT2D eigenvalue weighted by Gasteiger charge is -2.18. The zero-order valence-electron chi connectivity index (χ0n) is 11.4. The summed E-state index contributed by atoms with van der Waals surface area (Å²) in [6.45, 7) is 6.27. The third-order valence-corrected chi connectivity index (χ3v) is 5.20. The van der Waals surface area contributed by atoms with Crippen molar-refractivity contribution >= 4 is 27.2 Å². The fraction of sp³-hybridized carbons (Fsp3) is 0.500. The Hall–Kier alpha value is -1.49. The molecule has 0 aromatic carbocycles. The molecule has 3 aromatic rings. The Balaban J connectivity index is 2.21. The average Bonchev–Trinajstić information content (AvgIpc) is 2.90. The number of aryl methyl sites for hydroxylation is 3. The second-order valence-electron chi connectivity index (χ2n) is 5.47. The highest BCUT2D eigenvalue weighted by Crippen LogP contribution is 2.42. The Morgan fingerprint density at radius 3 is 2.95 bits per heavy atom. The minimum absolute atomic E-state index is 0.614. The van der Waals surface area contributed by atoms with Crippen molar-refractivity contribution in [2.45, 2.75) is 46.0 Å². The van der Waals surface area contributed by atoms with Crippen molar-refractivity contribution in [1.82, 2.24) is 19.6 Å². The summed E-state index contributed by atoms with van der Waals surface area (Å²) in [6, 6.07) is 0. The summed E-state index contributed by atoms with van der Waals surface area (Å²) in [5.41, 5.74) is 2.47. The zero-order chi connectivity index (χ0) is 13.1. The third-order valence-electron chi connectivity index (χ3n) is 4.04. The van der Waals surface area contributed by atoms with Gasteiger partial charge in [-0.05, 0) is 44.6 Å². The van der Waals surface area contributed by atoms with Crippen LogP contribution in [0.5, 0.6) is 0 Å². The maximum absolute atomic E-state index is 4.74. The normalized spacial score (nSPS) is 19.2. The first kappa shape index (κ1) is 11.3. The minimum atomic E-state index is 0.614. The van der Waals surface area contributed by atoms with Crippen molar-refractivity contribution in [2.24, 2.45) is 0 Å². The summed E-state index contributed by atoms with van der Waals surface area (Å²) >= 11 is 1.85. The lowest BCUT2D eigenvalue weighted by atomic mass is 9.87. The molecule has 5 heteroatoms. The van der Waals surface area contributed by atoms with Crippen molar-refractivity contribution in [2.75, 3.05) is 0 Å². The SMILES string of the molecule is Cc1nc2c3c4c(sc3nc(C)n2n1)CCC[C@H]4C. The fourth-order valence-electron chi connectivity index (χ4n) is 3.19. The van der Waals surface area contributed by atoms with E-state index >= 15 is 0 Å². The van der Waals surface area contributed by atoms with E-state index in [1.54, 1.807) is 0 Å². The molecule has 0 bridgehead atoms. The van der Waals surface area contributed by atoms with Crippen LogP contribution in [0.25, 0.3) is 15.9 Å². The summed E-state index contributed by atoms with van der Waals surface area (Å²) in [4.78, 5) is 12.0. The van der Waals surface area contributed by atoms with Gasteiger partial charge in [0.15, 0.2) is 5.65 Å². The molecule has 0 radical (unpaired) electrons. The molecule has 1 aliphatic carbocycles. The van der Waals surface area contributed by atoms with Gasteiger partial charge < -0.3 is 0 Å². The van der Waals surface area contributed by atoms with Crippen molar-refractivity contribution in [3.05, 3.63) is 22.1 Å². The van der Waals surface area contributed by atoms with Crippen LogP contribution in [0.1, 0.15) is 47.8 Å². The van der Waals surface area contributed by atoms with Crippen LogP contribution in [0.3, 0.4) is 0 Å². The zero-order valence-corrected chi connectivity index (χ0v) is 12.2. The van der Waals surface area contributed by atoms with Crippen LogP contribution in [0.15, 0.2) is 0 Å². The highest BCUT2D eigenvalue weighted by atomic mass is 32.1. The first-order chi connectivity index (χ1) is 9.15. The number of hydrogen-bond acceptors (Lipinski definition) is 4. The van der Waals surface area contributed by atoms with Crippen LogP contribution in [0, 0.1) is 13.8 Å². The van der Waals surface area contributed by atoms with Gasteiger partial charge in [0.25, 0.3) is 0 Å². The molecule has 0 saturated carbocycles. The van der Waals surface area contributed by atoms with E-state index in [0.717, 1.165) is 22.1 Å². The monoisotopic (exact) mass is 272 g/mol. The van der Waals surface area contributed by atoms with Crippen LogP contribution >= 0.6 is 11.3 Å². The van der Waals surface area contributed by atoms with Crippen molar-refractivity contribution < 1.29 is 0 Å². The first-order valence-corrected chi connectivity index (χ1v) is 7.62. The number of hydrogen-bond donors (Lipinski definition) is 0. The molecule has 0 unspecified atom stereocenters. The largest absolute Gasteiger partial charge is 0.222 e. The Morgan fingerprint density at radius 1 is 1.26 bits per heavy atom. The third kappa shape index (κ3) is 1.48. The molecule has 1 aliphatic rings. The predicted octanol–water partition coefficient (Wildman–Crippen LogP) is 3.40. The van der Waals surface area contributed by atoms with Crippen LogP contribution in [-0.2, 0) is 6.42 Å². The topological polar surface area (TPSA) is 43.1 Å². The Labute approximate surface area is 115 Å². The van der Waals surface area contributed by atoms with Crippen molar-refractivity contribution in [1.29, 1.82) is 0 Å². The molecule has 3 aromatic heterocycles. The molecule has 0 aliphatic heterocycles. The molecule has 0 fully saturated rings. The lowest BCUT2D eigenvalue weighted by molar-refractivity contribution is 0.602. The molecular formula is C14H16N4S. The van der Waals surface area contributed by atoms with E-state index in [1.807, 2.05) is 29.7 Å². The Morgan fingerprint density at radius 2 is 2.11 bits per heavy atom. The van der Waals surface area contributed by atoms with Crippen molar-refractivity contribution in [3.8, 4) is 0 Å². The number of aromatic nitrogens is 4. The van der Waals surface area contributed by atoms with E-state index in [9.17, 15) is 0 Å². The van der Waals surface area contributed by atoms with Gasteiger partial charge in [-0.3, -0.25) is 0 Å². The molecular weight excluding hydrogens is 256 g/mol. The highest BCUT2D eigenvalue weighted by molar-refractivity contribution is 7.19. The molecule has 0 spiro atoms. The van der Waals surface area contributed by atoms with Gasteiger partial charge in [-0.25, -0.2) is 9.97 Å². The Bertz CT molecular complexity index is 799. The van der Waals surface area contributed by atoms with Gasteiger partial charge in [-0.1, -0.05) is 6.92 Å². The van der Waals surface area contributed by atoms with Gasteiger partial charge in [0.2, 0.25) is 0 Å². The number of rotatable bonds is 0. The molecule has 4 rings (SSSR count). The summed E-state index contributed by atoms with van der Waals surface area (Å²) in [5, 5.41) is 5.71. The van der Waals surface area contributed by atoms with E-state index in [4.69, 9.17) is 4.98 Å². The maximum Gasteiger partial charge on any atom is 0.168 e. The Kier molecular flexibility index (Phi) is 2.24. The minimum Gasteiger partial charge on any atom is -0.222 e. The molecule has 98 valence electrons. The molecule has 0 N–H and O–H groups in total. The quantitative estimate of drug-likeness (QED) is 0.630. The van der Waals surface area contributed by atoms with E-state index in [1.165, 1.54) is 35.1 Å². The fourth-order valence-corrected chi connectivity index (χ4v) is 4.56. The summed E-state index contributed by atoms with van der Waals surface area (Å²) in [5.74, 6) is 2.36. The van der Waals surface area contributed by atoms with Crippen LogP contribution in [0.4, 0.5) is 0 Å². The average molecular weight is 272 g/mol. The predicted molar refractivity (Wildman–Crippen MR) is 77.0 cm³/mol. The van der Waals surface area contributed by atoms with Crippen molar-refractivity contribution in [3.63, 3.8) is 0 Å². The van der Waals surface area contributed by atoms with Crippen LogP contribution in [-0.4, -0.2) is 19.6 Å². The number of nitrogens with zero attached hydrogens (tertiary/aromatic N) is 4. The second kappa shape index (κ2) is 3.76. The van der Waals surface area contributed by atoms with Gasteiger partial charge in [-0.2, -0.15) is 4.52 Å².